The van der Waals surface area contributed by atoms with Gasteiger partial charge in [0.1, 0.15) is 0 Å². The zero-order valence-corrected chi connectivity index (χ0v) is 29.4. The minimum atomic E-state index is -0.136. The van der Waals surface area contributed by atoms with Crippen molar-refractivity contribution in [2.24, 2.45) is 0 Å². The molecule has 2 heteroatoms. The van der Waals surface area contributed by atoms with Crippen LogP contribution in [-0.4, -0.2) is 0 Å². The fourth-order valence-corrected chi connectivity index (χ4v) is 9.47. The van der Waals surface area contributed by atoms with E-state index in [-0.39, 0.29) is 5.41 Å². The average Bonchev–Trinajstić information content (AvgIpc) is 3.67. The van der Waals surface area contributed by atoms with Gasteiger partial charge in [-0.2, -0.15) is 0 Å². The van der Waals surface area contributed by atoms with Crippen LogP contribution in [0.5, 0.6) is 0 Å². The molecule has 0 unspecified atom stereocenters. The molecule has 1 aromatic heterocycles. The van der Waals surface area contributed by atoms with Crippen LogP contribution in [0, 0.1) is 0 Å². The zero-order chi connectivity index (χ0) is 34.1. The Kier molecular flexibility index (Phi) is 6.78. The molecule has 1 aliphatic carbocycles. The fraction of sp³-hybridized carbons (Fsp3) is 0.0612. The molecule has 0 N–H and O–H groups in total. The topological polar surface area (TPSA) is 3.24 Å². The van der Waals surface area contributed by atoms with Gasteiger partial charge in [0.15, 0.2) is 0 Å². The highest BCUT2D eigenvalue weighted by molar-refractivity contribution is 7.26. The van der Waals surface area contributed by atoms with E-state index in [1.807, 2.05) is 11.3 Å². The molecule has 0 radical (unpaired) electrons. The molecule has 0 amide bonds. The highest BCUT2D eigenvalue weighted by Gasteiger charge is 2.37. The monoisotopic (exact) mass is 669 g/mol. The molecule has 0 saturated carbocycles. The van der Waals surface area contributed by atoms with Crippen LogP contribution in [0.4, 0.5) is 17.1 Å². The lowest BCUT2D eigenvalue weighted by Crippen LogP contribution is -2.16. The lowest BCUT2D eigenvalue weighted by Gasteiger charge is -2.28. The molecule has 51 heavy (non-hydrogen) atoms. The summed E-state index contributed by atoms with van der Waals surface area (Å²) in [5.41, 5.74) is 13.7. The quantitative estimate of drug-likeness (QED) is 0.176. The van der Waals surface area contributed by atoms with Crippen molar-refractivity contribution in [2.75, 3.05) is 4.90 Å². The van der Waals surface area contributed by atoms with Crippen molar-refractivity contribution in [1.29, 1.82) is 0 Å². The molecular formula is C49H35NS. The van der Waals surface area contributed by atoms with Gasteiger partial charge in [0.25, 0.3) is 0 Å². The van der Waals surface area contributed by atoms with Crippen LogP contribution < -0.4 is 4.90 Å². The molecule has 0 aliphatic heterocycles. The Hall–Kier alpha value is -5.96. The number of thiophene rings is 1. The van der Waals surface area contributed by atoms with Gasteiger partial charge in [-0.15, -0.1) is 11.3 Å². The summed E-state index contributed by atoms with van der Waals surface area (Å²) < 4.78 is 2.74. The first kappa shape index (κ1) is 29.9. The molecule has 0 saturated heterocycles. The van der Waals surface area contributed by atoms with Gasteiger partial charge < -0.3 is 4.90 Å². The lowest BCUT2D eigenvalue weighted by atomic mass is 9.82. The Morgan fingerprint density at radius 2 is 1.10 bits per heavy atom. The molecule has 0 spiro atoms. The average molecular weight is 670 g/mol. The first-order valence-corrected chi connectivity index (χ1v) is 18.5. The largest absolute Gasteiger partial charge is 0.310 e. The first-order valence-electron chi connectivity index (χ1n) is 17.7. The summed E-state index contributed by atoms with van der Waals surface area (Å²) in [6, 6.07) is 64.7. The Balaban J connectivity index is 1.12. The van der Waals surface area contributed by atoms with E-state index in [0.29, 0.717) is 0 Å². The Morgan fingerprint density at radius 3 is 1.96 bits per heavy atom. The maximum atomic E-state index is 2.45. The molecule has 1 heterocycles. The molecule has 1 nitrogen and oxygen atoms in total. The highest BCUT2D eigenvalue weighted by atomic mass is 32.1. The van der Waals surface area contributed by atoms with Crippen LogP contribution >= 0.6 is 11.3 Å². The number of fused-ring (bicyclic) bond motifs is 8. The second kappa shape index (κ2) is 11.6. The van der Waals surface area contributed by atoms with Crippen molar-refractivity contribution in [1.82, 2.24) is 0 Å². The Morgan fingerprint density at radius 1 is 0.431 bits per heavy atom. The van der Waals surface area contributed by atoms with Crippen molar-refractivity contribution in [3.05, 3.63) is 187 Å². The van der Waals surface area contributed by atoms with E-state index >= 15 is 0 Å². The Bertz CT molecular complexity index is 2770. The van der Waals surface area contributed by atoms with E-state index in [9.17, 15) is 0 Å². The predicted molar refractivity (Wildman–Crippen MR) is 220 cm³/mol. The SMILES string of the molecule is CC1(C)c2cc(N(c3ccc(-c4ccc5ccccc5c4)cc3)c3cccc(-c4ccccc4)c3)ccc2-c2c1ccc1c2sc2ccccc21. The van der Waals surface area contributed by atoms with E-state index in [0.717, 1.165) is 17.1 Å². The minimum absolute atomic E-state index is 0.136. The summed E-state index contributed by atoms with van der Waals surface area (Å²) in [6.45, 7) is 4.78. The van der Waals surface area contributed by atoms with Crippen molar-refractivity contribution in [3.8, 4) is 33.4 Å². The molecular weight excluding hydrogens is 635 g/mol. The summed E-state index contributed by atoms with van der Waals surface area (Å²) in [7, 11) is 0. The molecule has 8 aromatic carbocycles. The van der Waals surface area contributed by atoms with Gasteiger partial charge in [-0.3, -0.25) is 0 Å². The van der Waals surface area contributed by atoms with Gasteiger partial charge in [0.2, 0.25) is 0 Å². The van der Waals surface area contributed by atoms with Gasteiger partial charge in [0, 0.05) is 48.2 Å². The van der Waals surface area contributed by atoms with Crippen LogP contribution in [0.25, 0.3) is 64.3 Å². The van der Waals surface area contributed by atoms with E-state index in [1.54, 1.807) is 0 Å². The second-order valence-corrected chi connectivity index (χ2v) is 15.2. The van der Waals surface area contributed by atoms with E-state index in [2.05, 4.69) is 195 Å². The molecule has 242 valence electrons. The van der Waals surface area contributed by atoms with Crippen LogP contribution in [-0.2, 0) is 5.41 Å². The van der Waals surface area contributed by atoms with Gasteiger partial charge >= 0.3 is 0 Å². The molecule has 10 rings (SSSR count). The van der Waals surface area contributed by atoms with Gasteiger partial charge in [-0.05, 0) is 98.2 Å². The third kappa shape index (κ3) is 4.82. The summed E-state index contributed by atoms with van der Waals surface area (Å²) in [4.78, 5) is 2.42. The Labute approximate surface area is 302 Å². The molecule has 0 fully saturated rings. The zero-order valence-electron chi connectivity index (χ0n) is 28.6. The summed E-state index contributed by atoms with van der Waals surface area (Å²) >= 11 is 1.92. The van der Waals surface area contributed by atoms with Crippen molar-refractivity contribution in [3.63, 3.8) is 0 Å². The number of anilines is 3. The summed E-state index contributed by atoms with van der Waals surface area (Å²) in [6.07, 6.45) is 0. The van der Waals surface area contributed by atoms with Crippen LogP contribution in [0.1, 0.15) is 25.0 Å². The molecule has 1 aliphatic rings. The number of rotatable bonds is 5. The number of hydrogen-bond donors (Lipinski definition) is 0. The summed E-state index contributed by atoms with van der Waals surface area (Å²) in [5, 5.41) is 5.22. The van der Waals surface area contributed by atoms with Gasteiger partial charge in [-0.1, -0.05) is 141 Å². The van der Waals surface area contributed by atoms with E-state index in [1.165, 1.54) is 75.5 Å². The van der Waals surface area contributed by atoms with Gasteiger partial charge in [0.05, 0.1) is 0 Å². The van der Waals surface area contributed by atoms with Crippen LogP contribution in [0.15, 0.2) is 176 Å². The van der Waals surface area contributed by atoms with E-state index < -0.39 is 0 Å². The smallest absolute Gasteiger partial charge is 0.0467 e. The molecule has 0 atom stereocenters. The van der Waals surface area contributed by atoms with Crippen LogP contribution in [0.2, 0.25) is 0 Å². The second-order valence-electron chi connectivity index (χ2n) is 14.2. The predicted octanol–water partition coefficient (Wildman–Crippen LogP) is 14.3. The standard InChI is InChI=1S/C49H35NS/c1-49(2)44-28-27-42-41-17-8-9-18-46(41)51-48(42)47(44)43-26-25-40(31-45(43)49)50(39-16-10-15-36(30-39)32-11-4-3-5-12-32)38-23-21-34(22-24-38)37-20-19-33-13-6-7-14-35(33)29-37/h3-31H,1-2H3. The highest BCUT2D eigenvalue weighted by Crippen LogP contribution is 2.55. The van der Waals surface area contributed by atoms with Crippen LogP contribution in [0.3, 0.4) is 0 Å². The lowest BCUT2D eigenvalue weighted by molar-refractivity contribution is 0.661. The van der Waals surface area contributed by atoms with Crippen molar-refractivity contribution >= 4 is 59.3 Å². The maximum Gasteiger partial charge on any atom is 0.0467 e. The normalized spacial score (nSPS) is 13.1. The summed E-state index contributed by atoms with van der Waals surface area (Å²) in [5.74, 6) is 0. The third-order valence-corrected chi connectivity index (χ3v) is 12.0. The number of hydrogen-bond acceptors (Lipinski definition) is 2. The number of nitrogens with zero attached hydrogens (tertiary/aromatic N) is 1. The van der Waals surface area contributed by atoms with Crippen molar-refractivity contribution < 1.29 is 0 Å². The van der Waals surface area contributed by atoms with Crippen molar-refractivity contribution in [2.45, 2.75) is 19.3 Å². The molecule has 0 bridgehead atoms. The minimum Gasteiger partial charge on any atom is -0.310 e. The molecule has 9 aromatic rings. The van der Waals surface area contributed by atoms with E-state index in [4.69, 9.17) is 0 Å². The first-order chi connectivity index (χ1) is 25.0. The third-order valence-electron chi connectivity index (χ3n) is 10.8. The maximum absolute atomic E-state index is 2.45. The van der Waals surface area contributed by atoms with Gasteiger partial charge in [-0.25, -0.2) is 0 Å². The fourth-order valence-electron chi connectivity index (χ4n) is 8.20. The number of benzene rings is 8.